The summed E-state index contributed by atoms with van der Waals surface area (Å²) < 4.78 is 9.30. The molecule has 0 unspecified atom stereocenters. The van der Waals surface area contributed by atoms with Gasteiger partial charge in [-0.3, -0.25) is 0 Å². The first-order valence-corrected chi connectivity index (χ1v) is 16.0. The molecule has 0 spiro atoms. The van der Waals surface area contributed by atoms with Gasteiger partial charge < -0.3 is 8.99 Å². The van der Waals surface area contributed by atoms with Crippen molar-refractivity contribution in [3.05, 3.63) is 52.0 Å². The van der Waals surface area contributed by atoms with Gasteiger partial charge in [-0.15, -0.1) is 0 Å². The quantitative estimate of drug-likeness (QED) is 0.292. The van der Waals surface area contributed by atoms with Gasteiger partial charge in [-0.2, -0.15) is 0 Å². The molecule has 0 aliphatic carbocycles. The molecule has 0 radical (unpaired) electrons. The van der Waals surface area contributed by atoms with Gasteiger partial charge >= 0.3 is 0 Å². The normalized spacial score (nSPS) is 12.5. The fraction of sp³-hybridized carbons (Fsp3) is 0.586. The van der Waals surface area contributed by atoms with Crippen molar-refractivity contribution < 1.29 is 4.43 Å². The number of hydrogen-bond acceptors (Lipinski definition) is 3. The van der Waals surface area contributed by atoms with Crippen LogP contribution in [-0.2, 0) is 25.8 Å². The predicted molar refractivity (Wildman–Crippen MR) is 148 cm³/mol. The second-order valence-corrected chi connectivity index (χ2v) is 16.1. The van der Waals surface area contributed by atoms with E-state index in [0.717, 1.165) is 67.1 Å². The molecule has 1 aromatic carbocycles. The van der Waals surface area contributed by atoms with Crippen molar-refractivity contribution >= 4 is 19.5 Å². The summed E-state index contributed by atoms with van der Waals surface area (Å²) in [5.74, 6) is 2.27. The first-order valence-electron chi connectivity index (χ1n) is 13.1. The molecule has 0 aliphatic rings. The minimum atomic E-state index is -1.94. The average Bonchev–Trinajstić information content (AvgIpc) is 3.07. The Hall–Kier alpha value is -2.14. The van der Waals surface area contributed by atoms with E-state index < -0.39 is 8.32 Å². The number of rotatable bonds is 9. The van der Waals surface area contributed by atoms with Crippen molar-refractivity contribution in [3.63, 3.8) is 0 Å². The Morgan fingerprint density at radius 1 is 0.912 bits per heavy atom. The Bertz CT molecular complexity index is 1130. The highest BCUT2D eigenvalue weighted by atomic mass is 28.4. The molecule has 3 aromatic rings. The smallest absolute Gasteiger partial charge is 0.250 e. The van der Waals surface area contributed by atoms with E-state index in [1.165, 1.54) is 22.3 Å². The van der Waals surface area contributed by atoms with Gasteiger partial charge in [0, 0.05) is 12.1 Å². The second-order valence-electron chi connectivity index (χ2n) is 11.3. The minimum Gasteiger partial charge on any atom is -0.543 e. The molecular weight excluding hydrogens is 434 g/mol. The summed E-state index contributed by atoms with van der Waals surface area (Å²) in [6.07, 6.45) is 5.19. The number of pyridine rings is 1. The molecule has 2 aromatic heterocycles. The Balaban J connectivity index is 2.14. The molecule has 0 atom stereocenters. The van der Waals surface area contributed by atoms with Gasteiger partial charge in [0.15, 0.2) is 5.65 Å². The van der Waals surface area contributed by atoms with Crippen LogP contribution in [0.2, 0.25) is 18.1 Å². The van der Waals surface area contributed by atoms with E-state index in [9.17, 15) is 0 Å². The number of aromatic nitrogens is 3. The fourth-order valence-electron chi connectivity index (χ4n) is 4.43. The van der Waals surface area contributed by atoms with Crippen LogP contribution < -0.4 is 4.43 Å². The van der Waals surface area contributed by atoms with Crippen LogP contribution in [0.1, 0.15) is 88.2 Å². The van der Waals surface area contributed by atoms with Crippen molar-refractivity contribution in [1.29, 1.82) is 0 Å². The first-order chi connectivity index (χ1) is 15.9. The van der Waals surface area contributed by atoms with Crippen molar-refractivity contribution in [1.82, 2.24) is 14.5 Å². The molecule has 0 amide bonds. The summed E-state index contributed by atoms with van der Waals surface area (Å²) in [5, 5.41) is 0.172. The molecule has 0 bridgehead atoms. The molecule has 0 N–H and O–H groups in total. The SMILES string of the molecule is CCCc1cc(Cn2c(CC)nc3c(C)cc(C)nc32)cc(CCC)c1O[Si](C)(C)C(C)(C)C. The third kappa shape index (κ3) is 5.40. The summed E-state index contributed by atoms with van der Waals surface area (Å²) in [4.78, 5) is 9.85. The van der Waals surface area contributed by atoms with E-state index in [1.54, 1.807) is 0 Å². The Morgan fingerprint density at radius 3 is 2.00 bits per heavy atom. The summed E-state index contributed by atoms with van der Waals surface area (Å²) in [6.45, 7) is 23.4. The third-order valence-corrected chi connectivity index (χ3v) is 11.6. The number of benzene rings is 1. The molecule has 186 valence electrons. The highest BCUT2D eigenvalue weighted by molar-refractivity contribution is 6.74. The third-order valence-electron chi connectivity index (χ3n) is 7.26. The van der Waals surface area contributed by atoms with Gasteiger partial charge in [0.2, 0.25) is 0 Å². The van der Waals surface area contributed by atoms with Gasteiger partial charge in [0.25, 0.3) is 8.32 Å². The maximum Gasteiger partial charge on any atom is 0.250 e. The van der Waals surface area contributed by atoms with E-state index in [1.807, 2.05) is 0 Å². The number of nitrogens with zero attached hydrogens (tertiary/aromatic N) is 3. The monoisotopic (exact) mass is 479 g/mol. The molecular formula is C29H45N3OSi. The van der Waals surface area contributed by atoms with Gasteiger partial charge in [0.1, 0.15) is 17.1 Å². The average molecular weight is 480 g/mol. The lowest BCUT2D eigenvalue weighted by atomic mass is 9.98. The summed E-state index contributed by atoms with van der Waals surface area (Å²) >= 11 is 0. The Labute approximate surface area is 208 Å². The predicted octanol–water partition coefficient (Wildman–Crippen LogP) is 7.95. The molecule has 0 aliphatic heterocycles. The van der Waals surface area contributed by atoms with Crippen molar-refractivity contribution in [2.75, 3.05) is 0 Å². The molecule has 2 heterocycles. The van der Waals surface area contributed by atoms with Crippen LogP contribution in [0.25, 0.3) is 11.2 Å². The maximum absolute atomic E-state index is 6.98. The molecule has 34 heavy (non-hydrogen) atoms. The molecule has 4 nitrogen and oxygen atoms in total. The zero-order valence-electron chi connectivity index (χ0n) is 23.2. The van der Waals surface area contributed by atoms with Crippen LogP contribution >= 0.6 is 0 Å². The van der Waals surface area contributed by atoms with Crippen molar-refractivity contribution in [3.8, 4) is 5.75 Å². The molecule has 0 saturated carbocycles. The molecule has 0 fully saturated rings. The van der Waals surface area contributed by atoms with Gasteiger partial charge in [-0.05, 0) is 73.1 Å². The number of fused-ring (bicyclic) bond motifs is 1. The second kappa shape index (κ2) is 10.2. The lowest BCUT2D eigenvalue weighted by Crippen LogP contribution is -2.44. The maximum atomic E-state index is 6.98. The van der Waals surface area contributed by atoms with Crippen LogP contribution in [-0.4, -0.2) is 22.9 Å². The fourth-order valence-corrected chi connectivity index (χ4v) is 5.51. The van der Waals surface area contributed by atoms with Crippen LogP contribution in [0, 0.1) is 13.8 Å². The first kappa shape index (κ1) is 26.5. The minimum absolute atomic E-state index is 0.172. The molecule has 5 heteroatoms. The molecule has 3 rings (SSSR count). The van der Waals surface area contributed by atoms with Crippen molar-refractivity contribution in [2.45, 2.75) is 112 Å². The van der Waals surface area contributed by atoms with Crippen LogP contribution in [0.4, 0.5) is 0 Å². The van der Waals surface area contributed by atoms with Gasteiger partial charge in [0.05, 0.1) is 6.54 Å². The summed E-state index contributed by atoms with van der Waals surface area (Å²) in [6, 6.07) is 6.91. The van der Waals surface area contributed by atoms with Crippen LogP contribution in [0.15, 0.2) is 18.2 Å². The van der Waals surface area contributed by atoms with Gasteiger partial charge in [-0.25, -0.2) is 9.97 Å². The van der Waals surface area contributed by atoms with E-state index in [0.29, 0.717) is 0 Å². The topological polar surface area (TPSA) is 39.9 Å². The number of aryl methyl sites for hydroxylation is 5. The summed E-state index contributed by atoms with van der Waals surface area (Å²) in [5.41, 5.74) is 8.32. The molecule has 0 saturated heterocycles. The van der Waals surface area contributed by atoms with E-state index >= 15 is 0 Å². The standard InChI is InChI=1S/C29H45N3OSi/c1-11-14-23-17-22(18-24(15-12-2)27(23)33-34(9,10)29(6,7)8)19-32-25(13-3)31-26-20(4)16-21(5)30-28(26)32/h16-18H,11-15,19H2,1-10H3. The highest BCUT2D eigenvalue weighted by Crippen LogP contribution is 2.40. The van der Waals surface area contributed by atoms with Crippen LogP contribution in [0.3, 0.4) is 0 Å². The van der Waals surface area contributed by atoms with E-state index in [2.05, 4.69) is 91.3 Å². The summed E-state index contributed by atoms with van der Waals surface area (Å²) in [7, 11) is -1.94. The Kier molecular flexibility index (Phi) is 7.96. The van der Waals surface area contributed by atoms with Crippen LogP contribution in [0.5, 0.6) is 5.75 Å². The van der Waals surface area contributed by atoms with E-state index in [4.69, 9.17) is 14.4 Å². The zero-order valence-corrected chi connectivity index (χ0v) is 24.2. The van der Waals surface area contributed by atoms with Gasteiger partial charge in [-0.1, -0.05) is 66.5 Å². The largest absolute Gasteiger partial charge is 0.543 e. The highest BCUT2D eigenvalue weighted by Gasteiger charge is 2.39. The van der Waals surface area contributed by atoms with E-state index in [-0.39, 0.29) is 5.04 Å². The Morgan fingerprint density at radius 2 is 1.50 bits per heavy atom. The zero-order chi connectivity index (χ0) is 25.3. The lowest BCUT2D eigenvalue weighted by Gasteiger charge is -2.38. The lowest BCUT2D eigenvalue weighted by molar-refractivity contribution is 0.480. The van der Waals surface area contributed by atoms with Crippen molar-refractivity contribution in [2.24, 2.45) is 0 Å². The number of hydrogen-bond donors (Lipinski definition) is 0. The number of imidazole rings is 1.